The fourth-order valence-electron chi connectivity index (χ4n) is 2.63. The number of nitrogens with one attached hydrogen (secondary N) is 2. The number of halogens is 1. The number of hydrogen-bond donors (Lipinski definition) is 2. The molecule has 4 nitrogen and oxygen atoms in total. The van der Waals surface area contributed by atoms with Crippen LogP contribution in [-0.2, 0) is 4.79 Å². The number of nitrogens with zero attached hydrogens (tertiary/aromatic N) is 1. The molecule has 0 spiro atoms. The summed E-state index contributed by atoms with van der Waals surface area (Å²) in [7, 11) is 0. The molecule has 0 aliphatic carbocycles. The van der Waals surface area contributed by atoms with Crippen LogP contribution in [0.15, 0.2) is 53.0 Å². The zero-order valence-electron chi connectivity index (χ0n) is 14.1. The zero-order chi connectivity index (χ0) is 17.8. The maximum atomic E-state index is 12.3. The largest absolute Gasteiger partial charge is 0.349 e. The van der Waals surface area contributed by atoms with Crippen molar-refractivity contribution in [3.05, 3.63) is 64.4 Å². The molecule has 130 valence electrons. The first-order valence-electron chi connectivity index (χ1n) is 8.14. The SMILES string of the molecule is CC(NC(=O)CSC(C)c1nc2ccccc2[nH]1)c1ccccc1Br. The van der Waals surface area contributed by atoms with Gasteiger partial charge in [-0.05, 0) is 37.6 Å². The summed E-state index contributed by atoms with van der Waals surface area (Å²) in [5.41, 5.74) is 3.06. The van der Waals surface area contributed by atoms with E-state index in [-0.39, 0.29) is 17.2 Å². The molecule has 0 saturated carbocycles. The molecule has 1 heterocycles. The lowest BCUT2D eigenvalue weighted by Crippen LogP contribution is -2.28. The highest BCUT2D eigenvalue weighted by Gasteiger charge is 2.16. The minimum absolute atomic E-state index is 0.0243. The number of amides is 1. The molecule has 3 rings (SSSR count). The summed E-state index contributed by atoms with van der Waals surface area (Å²) in [5, 5.41) is 3.17. The Labute approximate surface area is 159 Å². The monoisotopic (exact) mass is 417 g/mol. The lowest BCUT2D eigenvalue weighted by Gasteiger charge is -2.16. The van der Waals surface area contributed by atoms with Gasteiger partial charge in [0, 0.05) is 4.47 Å². The van der Waals surface area contributed by atoms with Crippen molar-refractivity contribution in [2.45, 2.75) is 25.1 Å². The number of para-hydroxylation sites is 2. The van der Waals surface area contributed by atoms with E-state index in [1.165, 1.54) is 0 Å². The van der Waals surface area contributed by atoms with Gasteiger partial charge in [0.1, 0.15) is 5.82 Å². The molecule has 0 fully saturated rings. The second-order valence-electron chi connectivity index (χ2n) is 5.90. The van der Waals surface area contributed by atoms with E-state index in [4.69, 9.17) is 0 Å². The van der Waals surface area contributed by atoms with E-state index in [2.05, 4.69) is 38.1 Å². The van der Waals surface area contributed by atoms with Crippen LogP contribution in [0.2, 0.25) is 0 Å². The number of carbonyl (C=O) groups is 1. The number of carbonyl (C=O) groups excluding carboxylic acids is 1. The van der Waals surface area contributed by atoms with Crippen LogP contribution in [0.5, 0.6) is 0 Å². The number of aromatic nitrogens is 2. The first-order valence-corrected chi connectivity index (χ1v) is 9.99. The summed E-state index contributed by atoms with van der Waals surface area (Å²) in [4.78, 5) is 20.2. The molecular formula is C19H20BrN3OS. The quantitative estimate of drug-likeness (QED) is 0.593. The normalized spacial score (nSPS) is 13.6. The van der Waals surface area contributed by atoms with Crippen molar-refractivity contribution in [3.8, 4) is 0 Å². The molecule has 1 amide bonds. The fourth-order valence-corrected chi connectivity index (χ4v) is 4.01. The number of benzene rings is 2. The van der Waals surface area contributed by atoms with Crippen molar-refractivity contribution >= 4 is 44.6 Å². The Balaban J connectivity index is 1.55. The van der Waals surface area contributed by atoms with Crippen LogP contribution in [0.25, 0.3) is 11.0 Å². The molecular weight excluding hydrogens is 398 g/mol. The van der Waals surface area contributed by atoms with Gasteiger partial charge >= 0.3 is 0 Å². The van der Waals surface area contributed by atoms with Crippen molar-refractivity contribution in [2.75, 3.05) is 5.75 Å². The molecule has 3 aromatic rings. The Kier molecular flexibility index (Phi) is 5.81. The van der Waals surface area contributed by atoms with Crippen LogP contribution in [0.1, 0.15) is 36.5 Å². The molecule has 0 radical (unpaired) electrons. The summed E-state index contributed by atoms with van der Waals surface area (Å²) < 4.78 is 1.01. The second kappa shape index (κ2) is 8.06. The number of rotatable bonds is 6. The van der Waals surface area contributed by atoms with Gasteiger partial charge in [0.15, 0.2) is 0 Å². The van der Waals surface area contributed by atoms with Gasteiger partial charge in [-0.3, -0.25) is 4.79 Å². The van der Waals surface area contributed by atoms with E-state index in [1.807, 2.05) is 55.5 Å². The maximum Gasteiger partial charge on any atom is 0.230 e. The van der Waals surface area contributed by atoms with Gasteiger partial charge in [-0.15, -0.1) is 11.8 Å². The van der Waals surface area contributed by atoms with E-state index in [9.17, 15) is 4.79 Å². The number of H-pyrrole nitrogens is 1. The number of thioether (sulfide) groups is 1. The minimum atomic E-state index is -0.0369. The fraction of sp³-hybridized carbons (Fsp3) is 0.263. The van der Waals surface area contributed by atoms with Crippen LogP contribution in [0.4, 0.5) is 0 Å². The van der Waals surface area contributed by atoms with Crippen molar-refractivity contribution in [3.63, 3.8) is 0 Å². The lowest BCUT2D eigenvalue weighted by molar-refractivity contribution is -0.119. The number of aromatic amines is 1. The standard InChI is InChI=1S/C19H20BrN3OS/c1-12(14-7-3-4-8-15(14)20)21-18(24)11-25-13(2)19-22-16-9-5-6-10-17(16)23-19/h3-10,12-13H,11H2,1-2H3,(H,21,24)(H,22,23). The van der Waals surface area contributed by atoms with Gasteiger partial charge in [-0.2, -0.15) is 0 Å². The average molecular weight is 418 g/mol. The third-order valence-electron chi connectivity index (χ3n) is 4.01. The Morgan fingerprint density at radius 2 is 1.92 bits per heavy atom. The highest BCUT2D eigenvalue weighted by atomic mass is 79.9. The lowest BCUT2D eigenvalue weighted by atomic mass is 10.1. The van der Waals surface area contributed by atoms with Crippen LogP contribution >= 0.6 is 27.7 Å². The van der Waals surface area contributed by atoms with Crippen LogP contribution in [0.3, 0.4) is 0 Å². The maximum absolute atomic E-state index is 12.3. The van der Waals surface area contributed by atoms with E-state index in [0.29, 0.717) is 5.75 Å². The molecule has 0 aliphatic rings. The third kappa shape index (κ3) is 4.44. The van der Waals surface area contributed by atoms with E-state index in [1.54, 1.807) is 11.8 Å². The smallest absolute Gasteiger partial charge is 0.230 e. The number of fused-ring (bicyclic) bond motifs is 1. The first kappa shape index (κ1) is 18.0. The van der Waals surface area contributed by atoms with Gasteiger partial charge in [-0.1, -0.05) is 46.3 Å². The molecule has 2 aromatic carbocycles. The molecule has 2 unspecified atom stereocenters. The highest BCUT2D eigenvalue weighted by Crippen LogP contribution is 2.28. The molecule has 0 bridgehead atoms. The van der Waals surface area contributed by atoms with Crippen molar-refractivity contribution in [2.24, 2.45) is 0 Å². The molecule has 2 atom stereocenters. The van der Waals surface area contributed by atoms with Gasteiger partial charge in [0.2, 0.25) is 5.91 Å². The first-order chi connectivity index (χ1) is 12.0. The summed E-state index contributed by atoms with van der Waals surface area (Å²) in [6.07, 6.45) is 0. The highest BCUT2D eigenvalue weighted by molar-refractivity contribution is 9.10. The second-order valence-corrected chi connectivity index (χ2v) is 8.09. The average Bonchev–Trinajstić information content (AvgIpc) is 3.04. The van der Waals surface area contributed by atoms with Gasteiger partial charge < -0.3 is 10.3 Å². The van der Waals surface area contributed by atoms with Crippen LogP contribution < -0.4 is 5.32 Å². The summed E-state index contributed by atoms with van der Waals surface area (Å²) >= 11 is 5.10. The molecule has 25 heavy (non-hydrogen) atoms. The van der Waals surface area contributed by atoms with Gasteiger partial charge in [0.05, 0.1) is 28.1 Å². The number of imidazole rings is 1. The topological polar surface area (TPSA) is 57.8 Å². The van der Waals surface area contributed by atoms with Crippen LogP contribution in [-0.4, -0.2) is 21.6 Å². The molecule has 0 aliphatic heterocycles. The third-order valence-corrected chi connectivity index (χ3v) is 5.88. The molecule has 1 aromatic heterocycles. The van der Waals surface area contributed by atoms with Crippen molar-refractivity contribution < 1.29 is 4.79 Å². The Morgan fingerprint density at radius 3 is 2.68 bits per heavy atom. The van der Waals surface area contributed by atoms with E-state index >= 15 is 0 Å². The Morgan fingerprint density at radius 1 is 1.20 bits per heavy atom. The molecule has 6 heteroatoms. The summed E-state index contributed by atoms with van der Waals surface area (Å²) in [5.74, 6) is 1.32. The van der Waals surface area contributed by atoms with Crippen molar-refractivity contribution in [1.82, 2.24) is 15.3 Å². The Bertz CT molecular complexity index is 847. The summed E-state index contributed by atoms with van der Waals surface area (Å²) in [6.45, 7) is 4.05. The van der Waals surface area contributed by atoms with E-state index < -0.39 is 0 Å². The number of hydrogen-bond acceptors (Lipinski definition) is 3. The van der Waals surface area contributed by atoms with Crippen LogP contribution in [0, 0.1) is 0 Å². The summed E-state index contributed by atoms with van der Waals surface area (Å²) in [6, 6.07) is 15.8. The minimum Gasteiger partial charge on any atom is -0.349 e. The van der Waals surface area contributed by atoms with Gasteiger partial charge in [0.25, 0.3) is 0 Å². The van der Waals surface area contributed by atoms with Crippen molar-refractivity contribution in [1.29, 1.82) is 0 Å². The van der Waals surface area contributed by atoms with Gasteiger partial charge in [-0.25, -0.2) is 4.98 Å². The Hall–Kier alpha value is -1.79. The predicted octanol–water partition coefficient (Wildman–Crippen LogP) is 5.00. The zero-order valence-corrected chi connectivity index (χ0v) is 16.5. The molecule has 0 saturated heterocycles. The van der Waals surface area contributed by atoms with E-state index in [0.717, 1.165) is 26.9 Å². The molecule has 2 N–H and O–H groups in total. The predicted molar refractivity (Wildman–Crippen MR) is 108 cm³/mol.